The van der Waals surface area contributed by atoms with Crippen LogP contribution in [0.1, 0.15) is 11.4 Å². The van der Waals surface area contributed by atoms with Gasteiger partial charge >= 0.3 is 0 Å². The van der Waals surface area contributed by atoms with E-state index in [-0.39, 0.29) is 22.3 Å². The summed E-state index contributed by atoms with van der Waals surface area (Å²) in [4.78, 5) is 12.9. The molecule has 174 valence electrons. The van der Waals surface area contributed by atoms with E-state index >= 15 is 0 Å². The number of fused-ring (bicyclic) bond motifs is 1. The number of benzene rings is 3. The molecule has 0 spiro atoms. The third-order valence-corrected chi connectivity index (χ3v) is 7.80. The van der Waals surface area contributed by atoms with Gasteiger partial charge in [0.15, 0.2) is 15.0 Å². The summed E-state index contributed by atoms with van der Waals surface area (Å²) in [6.45, 7) is 5.98. The number of aromatic nitrogens is 3. The molecule has 34 heavy (non-hydrogen) atoms. The fourth-order valence-electron chi connectivity index (χ4n) is 3.49. The number of thioether (sulfide) groups is 1. The highest BCUT2D eigenvalue weighted by molar-refractivity contribution is 7.99. The van der Waals surface area contributed by atoms with Crippen LogP contribution in [0.3, 0.4) is 0 Å². The Hall–Kier alpha value is -3.43. The van der Waals surface area contributed by atoms with Gasteiger partial charge in [-0.05, 0) is 30.5 Å². The first-order valence-corrected chi connectivity index (χ1v) is 13.2. The monoisotopic (exact) mass is 492 g/mol. The number of carbonyl (C=O) groups excluding carboxylic acids is 1. The third kappa shape index (κ3) is 5.37. The number of rotatable bonds is 9. The van der Waals surface area contributed by atoms with E-state index in [1.165, 1.54) is 11.8 Å². The van der Waals surface area contributed by atoms with Crippen molar-refractivity contribution in [3.05, 3.63) is 90.8 Å². The van der Waals surface area contributed by atoms with Gasteiger partial charge in [0.05, 0.1) is 10.6 Å². The first kappa shape index (κ1) is 23.7. The van der Waals surface area contributed by atoms with Crippen LogP contribution in [0.2, 0.25) is 0 Å². The molecule has 0 bridgehead atoms. The van der Waals surface area contributed by atoms with Gasteiger partial charge in [-0.1, -0.05) is 71.9 Å². The average Bonchev–Trinajstić information content (AvgIpc) is 3.19. The molecule has 0 fully saturated rings. The second kappa shape index (κ2) is 10.2. The molecule has 0 aliphatic heterocycles. The SMILES string of the molecule is C=CCn1c(CS(=O)(=O)c2ccc(C)cc2)nnc1SCC(=O)Nc1cccc2ccccc12. The lowest BCUT2D eigenvalue weighted by Crippen LogP contribution is -2.15. The summed E-state index contributed by atoms with van der Waals surface area (Å²) in [5.41, 5.74) is 1.72. The van der Waals surface area contributed by atoms with E-state index in [1.54, 1.807) is 34.9 Å². The summed E-state index contributed by atoms with van der Waals surface area (Å²) in [5.74, 6) is -0.0798. The van der Waals surface area contributed by atoms with E-state index < -0.39 is 9.84 Å². The van der Waals surface area contributed by atoms with Crippen LogP contribution >= 0.6 is 11.8 Å². The topological polar surface area (TPSA) is 93.9 Å². The summed E-state index contributed by atoms with van der Waals surface area (Å²) in [7, 11) is -3.60. The van der Waals surface area contributed by atoms with Crippen LogP contribution in [0.25, 0.3) is 10.8 Å². The maximum Gasteiger partial charge on any atom is 0.234 e. The van der Waals surface area contributed by atoms with Crippen molar-refractivity contribution in [2.45, 2.75) is 29.3 Å². The summed E-state index contributed by atoms with van der Waals surface area (Å²) in [5, 5.41) is 13.6. The van der Waals surface area contributed by atoms with E-state index in [2.05, 4.69) is 22.1 Å². The zero-order valence-corrected chi connectivity index (χ0v) is 20.3. The lowest BCUT2D eigenvalue weighted by atomic mass is 10.1. The van der Waals surface area contributed by atoms with Crippen molar-refractivity contribution in [2.24, 2.45) is 0 Å². The molecule has 4 rings (SSSR count). The molecule has 0 atom stereocenters. The molecule has 0 unspecified atom stereocenters. The quantitative estimate of drug-likeness (QED) is 0.270. The number of carbonyl (C=O) groups is 1. The Kier molecular flexibility index (Phi) is 7.14. The van der Waals surface area contributed by atoms with Crippen LogP contribution in [-0.2, 0) is 26.9 Å². The minimum atomic E-state index is -3.60. The van der Waals surface area contributed by atoms with Crippen LogP contribution in [0.4, 0.5) is 5.69 Å². The number of anilines is 1. The molecular formula is C25H24N4O3S2. The maximum atomic E-state index is 12.9. The summed E-state index contributed by atoms with van der Waals surface area (Å²) >= 11 is 1.20. The van der Waals surface area contributed by atoms with Crippen LogP contribution in [-0.4, -0.2) is 34.8 Å². The highest BCUT2D eigenvalue weighted by atomic mass is 32.2. The molecule has 1 heterocycles. The average molecular weight is 493 g/mol. The second-order valence-corrected chi connectivity index (χ2v) is 10.7. The smallest absolute Gasteiger partial charge is 0.234 e. The molecule has 1 aromatic heterocycles. The standard InChI is InChI=1S/C25H24N4O3S2/c1-3-15-29-23(17-34(31,32)20-13-11-18(2)12-14-20)27-28-25(29)33-16-24(30)26-22-10-6-8-19-7-4-5-9-21(19)22/h3-14H,1,15-17H2,2H3,(H,26,30). The van der Waals surface area contributed by atoms with Crippen molar-refractivity contribution in [3.8, 4) is 0 Å². The molecule has 1 N–H and O–H groups in total. The van der Waals surface area contributed by atoms with Crippen molar-refractivity contribution in [1.82, 2.24) is 14.8 Å². The van der Waals surface area contributed by atoms with E-state index in [4.69, 9.17) is 0 Å². The predicted octanol–water partition coefficient (Wildman–Crippen LogP) is 4.63. The molecule has 4 aromatic rings. The zero-order chi connectivity index (χ0) is 24.1. The Morgan fingerprint density at radius 2 is 1.79 bits per heavy atom. The van der Waals surface area contributed by atoms with Gasteiger partial charge in [-0.15, -0.1) is 16.8 Å². The van der Waals surface area contributed by atoms with Gasteiger partial charge in [0.25, 0.3) is 0 Å². The first-order valence-electron chi connectivity index (χ1n) is 10.6. The Balaban J connectivity index is 1.47. The number of sulfone groups is 1. The van der Waals surface area contributed by atoms with Crippen LogP contribution in [0.15, 0.2) is 89.4 Å². The van der Waals surface area contributed by atoms with Gasteiger partial charge in [0, 0.05) is 17.6 Å². The van der Waals surface area contributed by atoms with Gasteiger partial charge < -0.3 is 9.88 Å². The summed E-state index contributed by atoms with van der Waals surface area (Å²) in [6.07, 6.45) is 1.64. The fraction of sp³-hybridized carbons (Fsp3) is 0.160. The van der Waals surface area contributed by atoms with Gasteiger partial charge in [0.2, 0.25) is 5.91 Å². The second-order valence-electron chi connectivity index (χ2n) is 7.73. The molecule has 3 aromatic carbocycles. The van der Waals surface area contributed by atoms with E-state index in [0.29, 0.717) is 17.5 Å². The van der Waals surface area contributed by atoms with Crippen LogP contribution in [0.5, 0.6) is 0 Å². The van der Waals surface area contributed by atoms with E-state index in [0.717, 1.165) is 22.0 Å². The molecule has 0 saturated heterocycles. The van der Waals surface area contributed by atoms with Crippen molar-refractivity contribution < 1.29 is 13.2 Å². The molecule has 0 radical (unpaired) electrons. The van der Waals surface area contributed by atoms with Crippen LogP contribution in [0, 0.1) is 6.92 Å². The fourth-order valence-corrected chi connectivity index (χ4v) is 5.53. The third-order valence-electron chi connectivity index (χ3n) is 5.20. The summed E-state index contributed by atoms with van der Waals surface area (Å²) in [6, 6.07) is 20.3. The molecule has 0 aliphatic rings. The summed E-state index contributed by atoms with van der Waals surface area (Å²) < 4.78 is 27.4. The predicted molar refractivity (Wildman–Crippen MR) is 136 cm³/mol. The molecule has 7 nitrogen and oxygen atoms in total. The maximum absolute atomic E-state index is 12.9. The van der Waals surface area contributed by atoms with Crippen molar-refractivity contribution >= 4 is 44.0 Å². The number of hydrogen-bond donors (Lipinski definition) is 1. The number of amides is 1. The number of nitrogens with zero attached hydrogens (tertiary/aromatic N) is 3. The first-order chi connectivity index (χ1) is 16.4. The Labute approximate surface area is 202 Å². The number of hydrogen-bond acceptors (Lipinski definition) is 6. The number of nitrogens with one attached hydrogen (secondary N) is 1. The zero-order valence-electron chi connectivity index (χ0n) is 18.6. The lowest BCUT2D eigenvalue weighted by molar-refractivity contribution is -0.113. The Morgan fingerprint density at radius 3 is 2.56 bits per heavy atom. The number of aryl methyl sites for hydroxylation is 1. The van der Waals surface area contributed by atoms with Crippen molar-refractivity contribution in [2.75, 3.05) is 11.1 Å². The van der Waals surface area contributed by atoms with Gasteiger partial charge in [-0.2, -0.15) is 0 Å². The van der Waals surface area contributed by atoms with Gasteiger partial charge in [-0.3, -0.25) is 4.79 Å². The van der Waals surface area contributed by atoms with Crippen molar-refractivity contribution in [3.63, 3.8) is 0 Å². The Morgan fingerprint density at radius 1 is 1.06 bits per heavy atom. The highest BCUT2D eigenvalue weighted by Crippen LogP contribution is 2.25. The van der Waals surface area contributed by atoms with Gasteiger partial charge in [-0.25, -0.2) is 8.42 Å². The molecule has 1 amide bonds. The lowest BCUT2D eigenvalue weighted by Gasteiger charge is -2.10. The largest absolute Gasteiger partial charge is 0.325 e. The molecule has 0 aliphatic carbocycles. The molecule has 9 heteroatoms. The van der Waals surface area contributed by atoms with Crippen LogP contribution < -0.4 is 5.32 Å². The Bertz CT molecular complexity index is 1440. The normalized spacial score (nSPS) is 11.4. The van der Waals surface area contributed by atoms with Crippen molar-refractivity contribution in [1.29, 1.82) is 0 Å². The number of allylic oxidation sites excluding steroid dienone is 1. The van der Waals surface area contributed by atoms with Gasteiger partial charge in [0.1, 0.15) is 11.6 Å². The highest BCUT2D eigenvalue weighted by Gasteiger charge is 2.22. The molecular weight excluding hydrogens is 468 g/mol. The van der Waals surface area contributed by atoms with E-state index in [1.807, 2.05) is 49.4 Å². The van der Waals surface area contributed by atoms with E-state index in [9.17, 15) is 13.2 Å². The minimum Gasteiger partial charge on any atom is -0.325 e. The minimum absolute atomic E-state index is 0.100. The molecule has 0 saturated carbocycles.